The van der Waals surface area contributed by atoms with Crippen LogP contribution in [0.4, 0.5) is 0 Å². The predicted octanol–water partition coefficient (Wildman–Crippen LogP) is 3.16. The molecule has 1 aromatic carbocycles. The summed E-state index contributed by atoms with van der Waals surface area (Å²) in [6.07, 6.45) is 1.61. The van der Waals surface area contributed by atoms with Crippen LogP contribution in [0.25, 0.3) is 5.69 Å². The van der Waals surface area contributed by atoms with Crippen molar-refractivity contribution in [1.82, 2.24) is 20.1 Å². The first kappa shape index (κ1) is 15.2. The number of aromatic nitrogens is 3. The van der Waals surface area contributed by atoms with E-state index in [-0.39, 0.29) is 5.91 Å². The average molecular weight is 327 g/mol. The number of aryl methyl sites for hydroxylation is 1. The molecule has 116 valence electrons. The number of pyridine rings is 1. The van der Waals surface area contributed by atoms with E-state index >= 15 is 0 Å². The number of rotatable bonds is 4. The molecule has 2 heterocycles. The second kappa shape index (κ2) is 6.62. The van der Waals surface area contributed by atoms with Crippen molar-refractivity contribution in [3.8, 4) is 5.69 Å². The number of carbonyl (C=O) groups excluding carboxylic acids is 1. The minimum Gasteiger partial charge on any atom is -0.345 e. The summed E-state index contributed by atoms with van der Waals surface area (Å²) in [6.45, 7) is 2.21. The summed E-state index contributed by atoms with van der Waals surface area (Å²) in [4.78, 5) is 16.4. The van der Waals surface area contributed by atoms with E-state index in [1.807, 2.05) is 37.3 Å². The molecule has 5 nitrogen and oxygen atoms in total. The second-order valence-corrected chi connectivity index (χ2v) is 5.50. The molecule has 6 heteroatoms. The lowest BCUT2D eigenvalue weighted by Gasteiger charge is -2.04. The van der Waals surface area contributed by atoms with E-state index in [0.29, 0.717) is 23.0 Å². The Kier molecular flexibility index (Phi) is 4.39. The molecule has 0 aliphatic carbocycles. The molecule has 3 aromatic rings. The molecule has 0 spiro atoms. The molecular weight excluding hydrogens is 312 g/mol. The van der Waals surface area contributed by atoms with Crippen LogP contribution >= 0.6 is 11.6 Å². The largest absolute Gasteiger partial charge is 0.345 e. The van der Waals surface area contributed by atoms with Crippen LogP contribution in [0.3, 0.4) is 0 Å². The normalized spacial score (nSPS) is 10.5. The van der Waals surface area contributed by atoms with Crippen LogP contribution in [0.2, 0.25) is 5.02 Å². The molecule has 23 heavy (non-hydrogen) atoms. The van der Waals surface area contributed by atoms with Crippen LogP contribution in [0.5, 0.6) is 0 Å². The van der Waals surface area contributed by atoms with Crippen molar-refractivity contribution in [2.45, 2.75) is 13.5 Å². The first-order valence-corrected chi connectivity index (χ1v) is 7.52. The first-order valence-electron chi connectivity index (χ1n) is 7.14. The van der Waals surface area contributed by atoms with E-state index in [1.54, 1.807) is 29.1 Å². The van der Waals surface area contributed by atoms with Gasteiger partial charge in [-0.15, -0.1) is 0 Å². The zero-order valence-corrected chi connectivity index (χ0v) is 13.3. The zero-order chi connectivity index (χ0) is 16.2. The van der Waals surface area contributed by atoms with Crippen molar-refractivity contribution in [2.24, 2.45) is 0 Å². The number of carbonyl (C=O) groups is 1. The summed E-state index contributed by atoms with van der Waals surface area (Å²) in [5.41, 5.74) is 2.88. The lowest BCUT2D eigenvalue weighted by Crippen LogP contribution is -2.23. The number of benzene rings is 1. The highest BCUT2D eigenvalue weighted by atomic mass is 35.5. The highest BCUT2D eigenvalue weighted by molar-refractivity contribution is 6.30. The van der Waals surface area contributed by atoms with Gasteiger partial charge < -0.3 is 5.32 Å². The third kappa shape index (κ3) is 3.57. The van der Waals surface area contributed by atoms with Gasteiger partial charge in [0.15, 0.2) is 5.69 Å². The van der Waals surface area contributed by atoms with Crippen LogP contribution in [0, 0.1) is 6.92 Å². The van der Waals surface area contributed by atoms with E-state index in [2.05, 4.69) is 15.4 Å². The lowest BCUT2D eigenvalue weighted by molar-refractivity contribution is 0.0945. The minimum atomic E-state index is -0.246. The molecular formula is C17H15ClN4O. The Morgan fingerprint density at radius 1 is 1.22 bits per heavy atom. The van der Waals surface area contributed by atoms with Crippen LogP contribution in [-0.2, 0) is 6.54 Å². The molecule has 3 rings (SSSR count). The van der Waals surface area contributed by atoms with Gasteiger partial charge in [0.25, 0.3) is 5.91 Å². The SMILES string of the molecule is Cc1cc(C(=O)NCc2cc(Cl)ccn2)nn1-c1ccccc1. The standard InChI is InChI=1S/C17H15ClN4O/c1-12-9-16(21-22(12)15-5-3-2-4-6-15)17(23)20-11-14-10-13(18)7-8-19-14/h2-10H,11H2,1H3,(H,20,23). The molecule has 0 saturated heterocycles. The van der Waals surface area contributed by atoms with E-state index < -0.39 is 0 Å². The summed E-state index contributed by atoms with van der Waals surface area (Å²) < 4.78 is 1.74. The Hall–Kier alpha value is -2.66. The average Bonchev–Trinajstić information content (AvgIpc) is 2.95. The second-order valence-electron chi connectivity index (χ2n) is 5.07. The van der Waals surface area contributed by atoms with Gasteiger partial charge in [0.2, 0.25) is 0 Å². The van der Waals surface area contributed by atoms with Gasteiger partial charge in [-0.3, -0.25) is 9.78 Å². The molecule has 1 N–H and O–H groups in total. The van der Waals surface area contributed by atoms with Crippen molar-refractivity contribution >= 4 is 17.5 Å². The molecule has 2 aromatic heterocycles. The number of halogens is 1. The molecule has 0 fully saturated rings. The van der Waals surface area contributed by atoms with Gasteiger partial charge in [0.1, 0.15) is 0 Å². The summed E-state index contributed by atoms with van der Waals surface area (Å²) >= 11 is 5.90. The highest BCUT2D eigenvalue weighted by Crippen LogP contribution is 2.12. The Morgan fingerprint density at radius 2 is 2.00 bits per heavy atom. The van der Waals surface area contributed by atoms with Gasteiger partial charge >= 0.3 is 0 Å². The summed E-state index contributed by atoms with van der Waals surface area (Å²) in [7, 11) is 0. The van der Waals surface area contributed by atoms with Gasteiger partial charge in [-0.05, 0) is 37.3 Å². The maximum Gasteiger partial charge on any atom is 0.272 e. The quantitative estimate of drug-likeness (QED) is 0.801. The number of nitrogens with zero attached hydrogens (tertiary/aromatic N) is 3. The fraction of sp³-hybridized carbons (Fsp3) is 0.118. The number of hydrogen-bond acceptors (Lipinski definition) is 3. The summed E-state index contributed by atoms with van der Waals surface area (Å²) in [6, 6.07) is 14.9. The first-order chi connectivity index (χ1) is 11.1. The van der Waals surface area contributed by atoms with Crippen LogP contribution in [0.15, 0.2) is 54.7 Å². The van der Waals surface area contributed by atoms with E-state index in [4.69, 9.17) is 11.6 Å². The Balaban J connectivity index is 1.73. The minimum absolute atomic E-state index is 0.246. The molecule has 0 aliphatic rings. The summed E-state index contributed by atoms with van der Waals surface area (Å²) in [5.74, 6) is -0.246. The van der Waals surface area contributed by atoms with Crippen molar-refractivity contribution in [1.29, 1.82) is 0 Å². The van der Waals surface area contributed by atoms with Gasteiger partial charge in [0.05, 0.1) is 17.9 Å². The Morgan fingerprint density at radius 3 is 2.74 bits per heavy atom. The van der Waals surface area contributed by atoms with Gasteiger partial charge in [-0.25, -0.2) is 4.68 Å². The maximum absolute atomic E-state index is 12.3. The number of hydrogen-bond donors (Lipinski definition) is 1. The molecule has 0 radical (unpaired) electrons. The smallest absolute Gasteiger partial charge is 0.272 e. The fourth-order valence-corrected chi connectivity index (χ4v) is 2.41. The number of nitrogens with one attached hydrogen (secondary N) is 1. The molecule has 1 amide bonds. The van der Waals surface area contributed by atoms with Crippen LogP contribution in [0.1, 0.15) is 21.9 Å². The van der Waals surface area contributed by atoms with Gasteiger partial charge in [-0.2, -0.15) is 5.10 Å². The van der Waals surface area contributed by atoms with E-state index in [1.165, 1.54) is 0 Å². The van der Waals surface area contributed by atoms with Crippen molar-refractivity contribution in [2.75, 3.05) is 0 Å². The zero-order valence-electron chi connectivity index (χ0n) is 12.5. The van der Waals surface area contributed by atoms with Crippen molar-refractivity contribution < 1.29 is 4.79 Å². The number of para-hydroxylation sites is 1. The summed E-state index contributed by atoms with van der Waals surface area (Å²) in [5, 5.41) is 7.76. The van der Waals surface area contributed by atoms with Crippen LogP contribution in [-0.4, -0.2) is 20.7 Å². The van der Waals surface area contributed by atoms with Crippen LogP contribution < -0.4 is 5.32 Å². The third-order valence-electron chi connectivity index (χ3n) is 3.33. The third-order valence-corrected chi connectivity index (χ3v) is 3.56. The monoisotopic (exact) mass is 326 g/mol. The Bertz CT molecular complexity index is 830. The van der Waals surface area contributed by atoms with E-state index in [9.17, 15) is 4.79 Å². The Labute approximate surface area is 138 Å². The molecule has 0 aliphatic heterocycles. The highest BCUT2D eigenvalue weighted by Gasteiger charge is 2.13. The van der Waals surface area contributed by atoms with Gasteiger partial charge in [-0.1, -0.05) is 29.8 Å². The molecule has 0 saturated carbocycles. The van der Waals surface area contributed by atoms with Gasteiger partial charge in [0, 0.05) is 16.9 Å². The maximum atomic E-state index is 12.3. The van der Waals surface area contributed by atoms with E-state index in [0.717, 1.165) is 11.4 Å². The van der Waals surface area contributed by atoms with Crippen molar-refractivity contribution in [3.05, 3.63) is 76.8 Å². The molecule has 0 bridgehead atoms. The topological polar surface area (TPSA) is 59.8 Å². The number of amides is 1. The molecule has 0 atom stereocenters. The predicted molar refractivity (Wildman–Crippen MR) is 88.7 cm³/mol. The fourth-order valence-electron chi connectivity index (χ4n) is 2.22. The van der Waals surface area contributed by atoms with Crippen molar-refractivity contribution in [3.63, 3.8) is 0 Å². The lowest BCUT2D eigenvalue weighted by atomic mass is 10.3. The molecule has 0 unspecified atom stereocenters.